The predicted molar refractivity (Wildman–Crippen MR) is 172 cm³/mol. The number of sulfonamides is 1. The summed E-state index contributed by atoms with van der Waals surface area (Å²) in [5, 5.41) is 3.62. The van der Waals surface area contributed by atoms with Crippen molar-refractivity contribution in [1.82, 2.24) is 10.2 Å². The largest absolute Gasteiger partial charge is 0.352 e. The molecule has 0 aromatic heterocycles. The standard InChI is InChI=1S/C31H34BrCl2N3O4S/c1-42(40,41)37(26-15-16-27(33)28(34)19-26)21-30(38)36(20-23-11-8-12-24(32)17-23)29(18-22-9-4-2-5-10-22)31(39)35-25-13-6-3-7-14-25/h2,4-5,8-12,15-17,19,25,29H,3,6-7,13-14,18,20-21H2,1H3,(H,35,39)/t29-/m0/s1. The van der Waals surface area contributed by atoms with Crippen molar-refractivity contribution >= 4 is 66.7 Å². The van der Waals surface area contributed by atoms with Crippen LogP contribution in [0.15, 0.2) is 77.3 Å². The second kappa shape index (κ2) is 14.7. The molecular weight excluding hydrogens is 661 g/mol. The SMILES string of the molecule is CS(=O)(=O)N(CC(=O)N(Cc1cccc(Br)c1)[C@@H](Cc1ccccc1)C(=O)NC1CCCCC1)c1ccc(Cl)c(Cl)c1. The van der Waals surface area contributed by atoms with Gasteiger partial charge in [0.2, 0.25) is 21.8 Å². The Balaban J connectivity index is 1.73. The Kier molecular flexibility index (Phi) is 11.3. The van der Waals surface area contributed by atoms with Gasteiger partial charge in [-0.3, -0.25) is 13.9 Å². The van der Waals surface area contributed by atoms with Gasteiger partial charge in [0.15, 0.2) is 0 Å². The third-order valence-electron chi connectivity index (χ3n) is 7.33. The fourth-order valence-electron chi connectivity index (χ4n) is 5.18. The van der Waals surface area contributed by atoms with E-state index in [0.29, 0.717) is 0 Å². The lowest BCUT2D eigenvalue weighted by Crippen LogP contribution is -2.55. The minimum absolute atomic E-state index is 0.0380. The summed E-state index contributed by atoms with van der Waals surface area (Å²) in [7, 11) is -3.91. The van der Waals surface area contributed by atoms with Crippen molar-refractivity contribution in [2.75, 3.05) is 17.1 Å². The molecule has 1 fully saturated rings. The number of halogens is 3. The van der Waals surface area contributed by atoms with Gasteiger partial charge in [0.05, 0.1) is 22.0 Å². The fourth-order valence-corrected chi connectivity index (χ4v) is 6.76. The minimum Gasteiger partial charge on any atom is -0.352 e. The maximum Gasteiger partial charge on any atom is 0.244 e. The van der Waals surface area contributed by atoms with Crippen molar-refractivity contribution < 1.29 is 18.0 Å². The van der Waals surface area contributed by atoms with E-state index >= 15 is 0 Å². The van der Waals surface area contributed by atoms with Gasteiger partial charge in [-0.25, -0.2) is 8.42 Å². The summed E-state index contributed by atoms with van der Waals surface area (Å²) in [5.41, 5.74) is 1.88. The van der Waals surface area contributed by atoms with Crippen molar-refractivity contribution in [2.45, 2.75) is 57.2 Å². The Morgan fingerprint density at radius 1 is 0.929 bits per heavy atom. The molecule has 1 aliphatic carbocycles. The molecule has 3 aromatic rings. The maximum atomic E-state index is 14.2. The first-order valence-electron chi connectivity index (χ1n) is 13.8. The zero-order chi connectivity index (χ0) is 30.3. The van der Waals surface area contributed by atoms with Crippen LogP contribution < -0.4 is 9.62 Å². The first-order chi connectivity index (χ1) is 20.0. The maximum absolute atomic E-state index is 14.2. The van der Waals surface area contributed by atoms with Crippen molar-refractivity contribution in [3.63, 3.8) is 0 Å². The Morgan fingerprint density at radius 2 is 1.62 bits per heavy atom. The molecule has 0 unspecified atom stereocenters. The van der Waals surface area contributed by atoms with Gasteiger partial charge in [0.1, 0.15) is 12.6 Å². The van der Waals surface area contributed by atoms with Crippen LogP contribution in [0.5, 0.6) is 0 Å². The second-order valence-electron chi connectivity index (χ2n) is 10.6. The number of benzene rings is 3. The van der Waals surface area contributed by atoms with Crippen molar-refractivity contribution in [3.05, 3.63) is 98.4 Å². The first-order valence-corrected chi connectivity index (χ1v) is 17.2. The highest BCUT2D eigenvalue weighted by Gasteiger charge is 2.34. The first kappa shape index (κ1) is 32.3. The Labute approximate surface area is 266 Å². The van der Waals surface area contributed by atoms with Crippen LogP contribution in [-0.4, -0.2) is 50.0 Å². The smallest absolute Gasteiger partial charge is 0.244 e. The highest BCUT2D eigenvalue weighted by atomic mass is 79.9. The molecule has 1 aliphatic rings. The molecule has 11 heteroatoms. The highest BCUT2D eigenvalue weighted by Crippen LogP contribution is 2.29. The Bertz CT molecular complexity index is 1500. The van der Waals surface area contributed by atoms with E-state index in [4.69, 9.17) is 23.2 Å². The van der Waals surface area contributed by atoms with Crippen LogP contribution in [0.2, 0.25) is 10.0 Å². The molecule has 1 atom stereocenters. The Hall–Kier alpha value is -2.59. The lowest BCUT2D eigenvalue weighted by Gasteiger charge is -2.35. The molecule has 0 saturated heterocycles. The summed E-state index contributed by atoms with van der Waals surface area (Å²) in [4.78, 5) is 29.7. The average molecular weight is 696 g/mol. The quantitative estimate of drug-likeness (QED) is 0.245. The van der Waals surface area contributed by atoms with E-state index in [-0.39, 0.29) is 40.6 Å². The topological polar surface area (TPSA) is 86.8 Å². The number of nitrogens with one attached hydrogen (secondary N) is 1. The molecule has 224 valence electrons. The molecule has 7 nitrogen and oxygen atoms in total. The zero-order valence-corrected chi connectivity index (χ0v) is 27.2. The molecule has 4 rings (SSSR count). The number of hydrogen-bond donors (Lipinski definition) is 1. The summed E-state index contributed by atoms with van der Waals surface area (Å²) in [6.45, 7) is -0.417. The van der Waals surface area contributed by atoms with E-state index in [1.807, 2.05) is 54.6 Å². The molecule has 0 heterocycles. The van der Waals surface area contributed by atoms with Crippen LogP contribution in [0.25, 0.3) is 0 Å². The summed E-state index contributed by atoms with van der Waals surface area (Å²) in [5.74, 6) is -0.777. The van der Waals surface area contributed by atoms with Crippen molar-refractivity contribution in [2.24, 2.45) is 0 Å². The fraction of sp³-hybridized carbons (Fsp3) is 0.355. The van der Waals surface area contributed by atoms with E-state index in [1.165, 1.54) is 23.1 Å². The van der Waals surface area contributed by atoms with E-state index in [1.54, 1.807) is 0 Å². The number of carbonyl (C=O) groups excluding carboxylic acids is 2. The number of rotatable bonds is 11. The molecule has 0 aliphatic heterocycles. The lowest BCUT2D eigenvalue weighted by atomic mass is 9.94. The monoisotopic (exact) mass is 693 g/mol. The normalized spacial score (nSPS) is 14.7. The van der Waals surface area contributed by atoms with Gasteiger partial charge in [-0.2, -0.15) is 0 Å². The van der Waals surface area contributed by atoms with Crippen LogP contribution in [-0.2, 0) is 32.6 Å². The van der Waals surface area contributed by atoms with Gasteiger partial charge in [0.25, 0.3) is 0 Å². The summed E-state index contributed by atoms with van der Waals surface area (Å²) < 4.78 is 27.7. The molecular formula is C31H34BrCl2N3O4S. The van der Waals surface area contributed by atoms with Crippen molar-refractivity contribution in [3.8, 4) is 0 Å². The van der Waals surface area contributed by atoms with E-state index in [9.17, 15) is 18.0 Å². The molecule has 0 radical (unpaired) electrons. The summed E-state index contributed by atoms with van der Waals surface area (Å²) >= 11 is 15.8. The minimum atomic E-state index is -3.91. The Morgan fingerprint density at radius 3 is 2.26 bits per heavy atom. The molecule has 3 aromatic carbocycles. The predicted octanol–water partition coefficient (Wildman–Crippen LogP) is 6.61. The number of amides is 2. The van der Waals surface area contributed by atoms with Gasteiger partial charge in [0, 0.05) is 23.5 Å². The number of hydrogen-bond acceptors (Lipinski definition) is 4. The van der Waals surface area contributed by atoms with Gasteiger partial charge in [-0.05, 0) is 54.3 Å². The molecule has 2 amide bonds. The second-order valence-corrected chi connectivity index (χ2v) is 14.2. The van der Waals surface area contributed by atoms with Crippen LogP contribution in [0.1, 0.15) is 43.2 Å². The summed E-state index contributed by atoms with van der Waals surface area (Å²) in [6.07, 6.45) is 6.31. The molecule has 1 saturated carbocycles. The van der Waals surface area contributed by atoms with Gasteiger partial charge in [-0.15, -0.1) is 0 Å². The number of nitrogens with zero attached hydrogens (tertiary/aromatic N) is 2. The highest BCUT2D eigenvalue weighted by molar-refractivity contribution is 9.10. The summed E-state index contributed by atoms with van der Waals surface area (Å²) in [6, 6.07) is 20.6. The van der Waals surface area contributed by atoms with E-state index in [0.717, 1.165) is 58.3 Å². The van der Waals surface area contributed by atoms with E-state index in [2.05, 4.69) is 21.2 Å². The number of carbonyl (C=O) groups is 2. The van der Waals surface area contributed by atoms with Gasteiger partial charge < -0.3 is 10.2 Å². The molecule has 0 spiro atoms. The number of anilines is 1. The lowest BCUT2D eigenvalue weighted by molar-refractivity contribution is -0.140. The van der Waals surface area contributed by atoms with E-state index < -0.39 is 28.5 Å². The van der Waals surface area contributed by atoms with Crippen LogP contribution in [0.4, 0.5) is 5.69 Å². The third-order valence-corrected chi connectivity index (χ3v) is 9.71. The third kappa shape index (κ3) is 8.96. The average Bonchev–Trinajstić information content (AvgIpc) is 2.95. The van der Waals surface area contributed by atoms with Crippen molar-refractivity contribution in [1.29, 1.82) is 0 Å². The van der Waals surface area contributed by atoms with Crippen LogP contribution >= 0.6 is 39.1 Å². The van der Waals surface area contributed by atoms with Crippen LogP contribution in [0, 0.1) is 0 Å². The van der Waals surface area contributed by atoms with Gasteiger partial charge >= 0.3 is 0 Å². The van der Waals surface area contributed by atoms with Gasteiger partial charge in [-0.1, -0.05) is 101 Å². The molecule has 0 bridgehead atoms. The molecule has 42 heavy (non-hydrogen) atoms. The zero-order valence-electron chi connectivity index (χ0n) is 23.3. The van der Waals surface area contributed by atoms with Crippen LogP contribution in [0.3, 0.4) is 0 Å². The molecule has 1 N–H and O–H groups in total.